The lowest BCUT2D eigenvalue weighted by atomic mass is 10.1. The van der Waals surface area contributed by atoms with Gasteiger partial charge in [-0.1, -0.05) is 6.07 Å². The summed E-state index contributed by atoms with van der Waals surface area (Å²) in [5, 5.41) is 1.02. The van der Waals surface area contributed by atoms with E-state index in [9.17, 15) is 4.79 Å². The Morgan fingerprint density at radius 2 is 1.82 bits per heavy atom. The Morgan fingerprint density at radius 1 is 1.04 bits per heavy atom. The maximum atomic E-state index is 13.0. The molecule has 7 heteroatoms. The van der Waals surface area contributed by atoms with Crippen molar-refractivity contribution in [2.24, 2.45) is 0 Å². The molecule has 3 aromatic heterocycles. The monoisotopic (exact) mass is 393 g/mol. The number of aromatic nitrogens is 3. The molecule has 0 radical (unpaired) electrons. The molecule has 0 spiro atoms. The third kappa shape index (κ3) is 4.20. The van der Waals surface area contributed by atoms with E-state index in [0.29, 0.717) is 13.1 Å². The van der Waals surface area contributed by atoms with Crippen molar-refractivity contribution < 1.29 is 4.79 Å². The van der Waals surface area contributed by atoms with E-state index in [0.717, 1.165) is 47.3 Å². The van der Waals surface area contributed by atoms with Gasteiger partial charge < -0.3 is 9.80 Å². The Balaban J connectivity index is 1.37. The SMILES string of the molecule is Cc1nc(CCc2ccncc2)sc1C(=O)N1CCN(c2ccccn2)CC1. The molecule has 3 aromatic rings. The Bertz CT molecular complexity index is 920. The molecule has 0 aliphatic carbocycles. The standard InChI is InChI=1S/C21H23N5OS/c1-16-20(28-19(24-16)6-5-17-7-10-22-11-8-17)21(27)26-14-12-25(13-15-26)18-4-2-3-9-23-18/h2-4,7-11H,5-6,12-15H2,1H3. The lowest BCUT2D eigenvalue weighted by Crippen LogP contribution is -2.49. The molecule has 1 saturated heterocycles. The average Bonchev–Trinajstić information content (AvgIpc) is 3.14. The van der Waals surface area contributed by atoms with Crippen LogP contribution in [0.1, 0.15) is 25.9 Å². The summed E-state index contributed by atoms with van der Waals surface area (Å²) < 4.78 is 0. The molecule has 0 atom stereocenters. The van der Waals surface area contributed by atoms with Crippen LogP contribution in [-0.4, -0.2) is 51.9 Å². The predicted molar refractivity (Wildman–Crippen MR) is 111 cm³/mol. The highest BCUT2D eigenvalue weighted by Gasteiger charge is 2.25. The molecule has 0 saturated carbocycles. The number of aryl methyl sites for hydroxylation is 3. The number of anilines is 1. The second-order valence-electron chi connectivity index (χ2n) is 6.84. The van der Waals surface area contributed by atoms with Crippen LogP contribution in [0.25, 0.3) is 0 Å². The molecule has 4 heterocycles. The number of carbonyl (C=O) groups is 1. The fraction of sp³-hybridized carbons (Fsp3) is 0.333. The molecule has 144 valence electrons. The van der Waals surface area contributed by atoms with E-state index in [2.05, 4.69) is 19.9 Å². The lowest BCUT2D eigenvalue weighted by molar-refractivity contribution is 0.0750. The van der Waals surface area contributed by atoms with Gasteiger partial charge in [-0.05, 0) is 43.2 Å². The number of hydrogen-bond acceptors (Lipinski definition) is 6. The zero-order chi connectivity index (χ0) is 19.3. The zero-order valence-corrected chi connectivity index (χ0v) is 16.7. The Hall–Kier alpha value is -2.80. The first-order chi connectivity index (χ1) is 13.7. The number of thiazole rings is 1. The molecule has 6 nitrogen and oxygen atoms in total. The van der Waals surface area contributed by atoms with Gasteiger partial charge in [0.05, 0.1) is 10.7 Å². The van der Waals surface area contributed by atoms with Gasteiger partial charge in [-0.3, -0.25) is 9.78 Å². The largest absolute Gasteiger partial charge is 0.353 e. The van der Waals surface area contributed by atoms with Crippen molar-refractivity contribution in [2.75, 3.05) is 31.1 Å². The minimum atomic E-state index is 0.103. The second-order valence-corrected chi connectivity index (χ2v) is 7.93. The highest BCUT2D eigenvalue weighted by Crippen LogP contribution is 2.23. The zero-order valence-electron chi connectivity index (χ0n) is 15.9. The number of nitrogens with zero attached hydrogens (tertiary/aromatic N) is 5. The Kier molecular flexibility index (Phi) is 5.62. The first-order valence-electron chi connectivity index (χ1n) is 9.51. The van der Waals surface area contributed by atoms with Gasteiger partial charge >= 0.3 is 0 Å². The van der Waals surface area contributed by atoms with E-state index in [1.807, 2.05) is 54.5 Å². The summed E-state index contributed by atoms with van der Waals surface area (Å²) in [4.78, 5) is 31.0. The number of piperazine rings is 1. The molecule has 1 amide bonds. The molecule has 0 aromatic carbocycles. The minimum absolute atomic E-state index is 0.103. The van der Waals surface area contributed by atoms with Crippen molar-refractivity contribution in [3.8, 4) is 0 Å². The molecule has 1 aliphatic rings. The van der Waals surface area contributed by atoms with Gasteiger partial charge in [0, 0.05) is 51.2 Å². The normalized spacial score (nSPS) is 14.3. The first-order valence-corrected chi connectivity index (χ1v) is 10.3. The van der Waals surface area contributed by atoms with Crippen molar-refractivity contribution in [1.29, 1.82) is 0 Å². The number of rotatable bonds is 5. The smallest absolute Gasteiger partial charge is 0.265 e. The summed E-state index contributed by atoms with van der Waals surface area (Å²) in [5.41, 5.74) is 2.08. The fourth-order valence-electron chi connectivity index (χ4n) is 3.38. The van der Waals surface area contributed by atoms with Crippen molar-refractivity contribution in [2.45, 2.75) is 19.8 Å². The topological polar surface area (TPSA) is 62.2 Å². The van der Waals surface area contributed by atoms with E-state index >= 15 is 0 Å². The predicted octanol–water partition coefficient (Wildman–Crippen LogP) is 2.99. The first kappa shape index (κ1) is 18.6. The third-order valence-electron chi connectivity index (χ3n) is 4.95. The molecule has 28 heavy (non-hydrogen) atoms. The van der Waals surface area contributed by atoms with Gasteiger partial charge in [-0.2, -0.15) is 0 Å². The van der Waals surface area contributed by atoms with E-state index in [-0.39, 0.29) is 5.91 Å². The number of hydrogen-bond donors (Lipinski definition) is 0. The lowest BCUT2D eigenvalue weighted by Gasteiger charge is -2.35. The highest BCUT2D eigenvalue weighted by molar-refractivity contribution is 7.13. The summed E-state index contributed by atoms with van der Waals surface area (Å²) in [6.07, 6.45) is 7.17. The van der Waals surface area contributed by atoms with Crippen molar-refractivity contribution in [1.82, 2.24) is 19.9 Å². The Labute approximate surface area is 168 Å². The summed E-state index contributed by atoms with van der Waals surface area (Å²) >= 11 is 1.53. The molecule has 1 aliphatic heterocycles. The maximum Gasteiger partial charge on any atom is 0.265 e. The van der Waals surface area contributed by atoms with Crippen LogP contribution in [0.3, 0.4) is 0 Å². The van der Waals surface area contributed by atoms with Crippen molar-refractivity contribution in [3.05, 3.63) is 70.1 Å². The average molecular weight is 394 g/mol. The van der Waals surface area contributed by atoms with Gasteiger partial charge in [0.1, 0.15) is 10.7 Å². The van der Waals surface area contributed by atoms with Crippen LogP contribution in [0.4, 0.5) is 5.82 Å². The molecule has 4 rings (SSSR count). The summed E-state index contributed by atoms with van der Waals surface area (Å²) in [6, 6.07) is 9.97. The molecular weight excluding hydrogens is 370 g/mol. The van der Waals surface area contributed by atoms with Crippen LogP contribution in [0.2, 0.25) is 0 Å². The van der Waals surface area contributed by atoms with Crippen molar-refractivity contribution in [3.63, 3.8) is 0 Å². The summed E-state index contributed by atoms with van der Waals surface area (Å²) in [6.45, 7) is 4.95. The Morgan fingerprint density at radius 3 is 2.54 bits per heavy atom. The summed E-state index contributed by atoms with van der Waals surface area (Å²) in [5.74, 6) is 1.08. The molecule has 0 N–H and O–H groups in total. The molecule has 1 fully saturated rings. The fourth-order valence-corrected chi connectivity index (χ4v) is 4.41. The third-order valence-corrected chi connectivity index (χ3v) is 6.16. The number of carbonyl (C=O) groups excluding carboxylic acids is 1. The minimum Gasteiger partial charge on any atom is -0.353 e. The highest BCUT2D eigenvalue weighted by atomic mass is 32.1. The second kappa shape index (κ2) is 8.48. The van der Waals surface area contributed by atoms with Crippen LogP contribution in [0, 0.1) is 6.92 Å². The van der Waals surface area contributed by atoms with E-state index < -0.39 is 0 Å². The van der Waals surface area contributed by atoms with Gasteiger partial charge in [-0.25, -0.2) is 9.97 Å². The van der Waals surface area contributed by atoms with E-state index in [4.69, 9.17) is 0 Å². The van der Waals surface area contributed by atoms with Gasteiger partial charge in [-0.15, -0.1) is 11.3 Å². The van der Waals surface area contributed by atoms with Gasteiger partial charge in [0.2, 0.25) is 0 Å². The summed E-state index contributed by atoms with van der Waals surface area (Å²) in [7, 11) is 0. The van der Waals surface area contributed by atoms with Gasteiger partial charge in [0.25, 0.3) is 5.91 Å². The van der Waals surface area contributed by atoms with E-state index in [1.54, 1.807) is 6.20 Å². The van der Waals surface area contributed by atoms with Crippen LogP contribution in [0.15, 0.2) is 48.9 Å². The molecule has 0 bridgehead atoms. The van der Waals surface area contributed by atoms with Crippen LogP contribution in [-0.2, 0) is 12.8 Å². The molecular formula is C21H23N5OS. The van der Waals surface area contributed by atoms with Gasteiger partial charge in [0.15, 0.2) is 0 Å². The van der Waals surface area contributed by atoms with Crippen LogP contribution < -0.4 is 4.90 Å². The maximum absolute atomic E-state index is 13.0. The van der Waals surface area contributed by atoms with E-state index in [1.165, 1.54) is 16.9 Å². The van der Waals surface area contributed by atoms with Crippen LogP contribution in [0.5, 0.6) is 0 Å². The number of pyridine rings is 2. The number of amides is 1. The van der Waals surface area contributed by atoms with Crippen molar-refractivity contribution >= 4 is 23.1 Å². The molecule has 0 unspecified atom stereocenters. The van der Waals surface area contributed by atoms with Crippen LogP contribution >= 0.6 is 11.3 Å². The quantitative estimate of drug-likeness (QED) is 0.667.